The lowest BCUT2D eigenvalue weighted by Crippen LogP contribution is -2.48. The Morgan fingerprint density at radius 2 is 1.36 bits per heavy atom. The Morgan fingerprint density at radius 3 is 1.89 bits per heavy atom. The maximum absolute atomic E-state index is 6.44. The Kier molecular flexibility index (Phi) is 3.63. The molecule has 0 atom stereocenters. The molecule has 5 aliphatic carbocycles. The number of guanidine groups is 1. The first kappa shape index (κ1) is 16.6. The van der Waals surface area contributed by atoms with Gasteiger partial charge in [0.05, 0.1) is 6.04 Å². The van der Waals surface area contributed by atoms with Crippen LogP contribution in [0.15, 0.2) is 53.5 Å². The fourth-order valence-corrected chi connectivity index (χ4v) is 7.24. The second kappa shape index (κ2) is 6.10. The summed E-state index contributed by atoms with van der Waals surface area (Å²) in [6.45, 7) is 0.908. The summed E-state index contributed by atoms with van der Waals surface area (Å²) in [7, 11) is 0. The second-order valence-corrected chi connectivity index (χ2v) is 9.87. The molecule has 7 rings (SSSR count). The van der Waals surface area contributed by atoms with E-state index in [4.69, 9.17) is 10.7 Å². The van der Waals surface area contributed by atoms with Crippen molar-refractivity contribution < 1.29 is 0 Å². The number of nitrogens with zero attached hydrogens (tertiary/aromatic N) is 1. The van der Waals surface area contributed by atoms with Crippen LogP contribution in [0.4, 0.5) is 0 Å². The van der Waals surface area contributed by atoms with Crippen LogP contribution < -0.4 is 11.1 Å². The summed E-state index contributed by atoms with van der Waals surface area (Å²) in [4.78, 5) is 4.91. The van der Waals surface area contributed by atoms with Gasteiger partial charge in [-0.3, -0.25) is 4.99 Å². The van der Waals surface area contributed by atoms with Gasteiger partial charge in [0.25, 0.3) is 0 Å². The maximum Gasteiger partial charge on any atom is 0.189 e. The SMILES string of the molecule is NC(=NCC12CC3CC(CC(C3)C1)C2)NC1c2ccccc2-c2ccccc21. The van der Waals surface area contributed by atoms with E-state index in [1.54, 1.807) is 0 Å². The van der Waals surface area contributed by atoms with E-state index in [2.05, 4.69) is 53.8 Å². The van der Waals surface area contributed by atoms with Gasteiger partial charge < -0.3 is 11.1 Å². The quantitative estimate of drug-likeness (QED) is 0.597. The highest BCUT2D eigenvalue weighted by molar-refractivity contribution is 5.84. The average molecular weight is 372 g/mol. The van der Waals surface area contributed by atoms with E-state index in [0.717, 1.165) is 24.3 Å². The molecule has 3 nitrogen and oxygen atoms in total. The van der Waals surface area contributed by atoms with E-state index < -0.39 is 0 Å². The van der Waals surface area contributed by atoms with Crippen LogP contribution in [-0.2, 0) is 0 Å². The third kappa shape index (κ3) is 2.59. The Hall–Kier alpha value is -2.29. The summed E-state index contributed by atoms with van der Waals surface area (Å²) in [6, 6.07) is 17.4. The molecule has 0 spiro atoms. The zero-order chi connectivity index (χ0) is 18.7. The molecule has 0 amide bonds. The van der Waals surface area contributed by atoms with Gasteiger partial charge in [-0.25, -0.2) is 0 Å². The van der Waals surface area contributed by atoms with Crippen molar-refractivity contribution in [3.8, 4) is 11.1 Å². The lowest BCUT2D eigenvalue weighted by atomic mass is 9.49. The molecule has 5 aliphatic rings. The topological polar surface area (TPSA) is 50.4 Å². The predicted molar refractivity (Wildman–Crippen MR) is 114 cm³/mol. The van der Waals surface area contributed by atoms with Crippen LogP contribution in [0.1, 0.15) is 55.7 Å². The molecular weight excluding hydrogens is 342 g/mol. The minimum atomic E-state index is 0.104. The van der Waals surface area contributed by atoms with Crippen molar-refractivity contribution in [2.45, 2.75) is 44.6 Å². The standard InChI is InChI=1S/C25H29N3/c26-24(27-15-25-12-16-9-17(13-25)11-18(10-16)14-25)28-23-21-7-3-1-5-19(21)20-6-2-4-8-22(20)23/h1-8,16-18,23H,9-15H2,(H3,26,27,28). The first-order valence-electron chi connectivity index (χ1n) is 10.9. The molecule has 4 saturated carbocycles. The number of benzene rings is 2. The van der Waals surface area contributed by atoms with Crippen molar-refractivity contribution >= 4 is 5.96 Å². The van der Waals surface area contributed by atoms with Gasteiger partial charge in [0.15, 0.2) is 5.96 Å². The van der Waals surface area contributed by atoms with E-state index >= 15 is 0 Å². The van der Waals surface area contributed by atoms with E-state index in [-0.39, 0.29) is 6.04 Å². The minimum absolute atomic E-state index is 0.104. The Balaban J connectivity index is 1.24. The second-order valence-electron chi connectivity index (χ2n) is 9.87. The number of nitrogens with two attached hydrogens (primary N) is 1. The van der Waals surface area contributed by atoms with Crippen molar-refractivity contribution in [3.05, 3.63) is 59.7 Å². The molecule has 2 aromatic carbocycles. The normalized spacial score (nSPS) is 33.0. The summed E-state index contributed by atoms with van der Waals surface area (Å²) in [5.41, 5.74) is 12.1. The van der Waals surface area contributed by atoms with Gasteiger partial charge in [-0.05, 0) is 83.9 Å². The number of hydrogen-bond acceptors (Lipinski definition) is 1. The molecule has 0 heterocycles. The lowest BCUT2D eigenvalue weighted by molar-refractivity contribution is -0.0465. The van der Waals surface area contributed by atoms with Gasteiger partial charge in [0.1, 0.15) is 0 Å². The summed E-state index contributed by atoms with van der Waals surface area (Å²) in [5.74, 6) is 3.49. The van der Waals surface area contributed by atoms with Crippen molar-refractivity contribution in [1.82, 2.24) is 5.32 Å². The van der Waals surface area contributed by atoms with Gasteiger partial charge in [-0.1, -0.05) is 48.5 Å². The van der Waals surface area contributed by atoms with Gasteiger partial charge in [0, 0.05) is 6.54 Å². The Morgan fingerprint density at radius 1 is 0.857 bits per heavy atom. The number of aliphatic imine (C=N–C) groups is 1. The molecule has 4 fully saturated rings. The van der Waals surface area contributed by atoms with Crippen LogP contribution in [0.25, 0.3) is 11.1 Å². The van der Waals surface area contributed by atoms with E-state index in [0.29, 0.717) is 11.4 Å². The zero-order valence-corrected chi connectivity index (χ0v) is 16.4. The average Bonchev–Trinajstić information content (AvgIpc) is 3.00. The molecule has 144 valence electrons. The van der Waals surface area contributed by atoms with Crippen LogP contribution in [0.2, 0.25) is 0 Å². The van der Waals surface area contributed by atoms with E-state index in [1.165, 1.54) is 60.8 Å². The molecule has 0 saturated heterocycles. The molecule has 0 radical (unpaired) electrons. The molecule has 0 aromatic heterocycles. The third-order valence-corrected chi connectivity index (χ3v) is 7.88. The first-order valence-corrected chi connectivity index (χ1v) is 10.9. The predicted octanol–water partition coefficient (Wildman–Crippen LogP) is 4.88. The first-order chi connectivity index (χ1) is 13.7. The molecule has 4 bridgehead atoms. The minimum Gasteiger partial charge on any atom is -0.370 e. The zero-order valence-electron chi connectivity index (χ0n) is 16.4. The van der Waals surface area contributed by atoms with Gasteiger partial charge in [0.2, 0.25) is 0 Å². The highest BCUT2D eigenvalue weighted by Crippen LogP contribution is 2.60. The number of hydrogen-bond donors (Lipinski definition) is 2. The molecule has 3 N–H and O–H groups in total. The van der Waals surface area contributed by atoms with Crippen molar-refractivity contribution in [3.63, 3.8) is 0 Å². The lowest BCUT2D eigenvalue weighted by Gasteiger charge is -2.56. The Labute approximate surface area is 167 Å². The largest absolute Gasteiger partial charge is 0.370 e. The van der Waals surface area contributed by atoms with Crippen LogP contribution in [-0.4, -0.2) is 12.5 Å². The smallest absolute Gasteiger partial charge is 0.189 e. The molecule has 3 heteroatoms. The summed E-state index contributed by atoms with van der Waals surface area (Å²) in [5, 5.41) is 3.55. The number of rotatable bonds is 3. The summed E-state index contributed by atoms with van der Waals surface area (Å²) < 4.78 is 0. The highest BCUT2D eigenvalue weighted by Gasteiger charge is 2.50. The van der Waals surface area contributed by atoms with Crippen molar-refractivity contribution in [2.75, 3.05) is 6.54 Å². The summed E-state index contributed by atoms with van der Waals surface area (Å²) in [6.07, 6.45) is 8.58. The number of nitrogens with one attached hydrogen (secondary N) is 1. The van der Waals surface area contributed by atoms with Crippen LogP contribution >= 0.6 is 0 Å². The van der Waals surface area contributed by atoms with Gasteiger partial charge in [-0.2, -0.15) is 0 Å². The molecule has 28 heavy (non-hydrogen) atoms. The van der Waals surface area contributed by atoms with E-state index in [1.807, 2.05) is 0 Å². The Bertz CT molecular complexity index is 864. The van der Waals surface area contributed by atoms with Crippen molar-refractivity contribution in [1.29, 1.82) is 0 Å². The van der Waals surface area contributed by atoms with Gasteiger partial charge >= 0.3 is 0 Å². The monoisotopic (exact) mass is 371 g/mol. The molecule has 0 aliphatic heterocycles. The van der Waals surface area contributed by atoms with Crippen LogP contribution in [0.5, 0.6) is 0 Å². The van der Waals surface area contributed by atoms with Crippen molar-refractivity contribution in [2.24, 2.45) is 33.9 Å². The van der Waals surface area contributed by atoms with E-state index in [9.17, 15) is 0 Å². The molecular formula is C25H29N3. The fraction of sp³-hybridized carbons (Fsp3) is 0.480. The fourth-order valence-electron chi connectivity index (χ4n) is 7.24. The van der Waals surface area contributed by atoms with Crippen LogP contribution in [0, 0.1) is 23.2 Å². The highest BCUT2D eigenvalue weighted by atomic mass is 15.1. The molecule has 2 aromatic rings. The third-order valence-electron chi connectivity index (χ3n) is 7.88. The van der Waals surface area contributed by atoms with Crippen LogP contribution in [0.3, 0.4) is 0 Å². The van der Waals surface area contributed by atoms with Gasteiger partial charge in [-0.15, -0.1) is 0 Å². The number of fused-ring (bicyclic) bond motifs is 3. The molecule has 0 unspecified atom stereocenters. The maximum atomic E-state index is 6.44. The summed E-state index contributed by atoms with van der Waals surface area (Å²) >= 11 is 0.